The molecule has 0 spiro atoms. The molecule has 2 aliphatic rings. The lowest BCUT2D eigenvalue weighted by Crippen LogP contribution is -2.16. The zero-order valence-corrected chi connectivity index (χ0v) is 10.3. The molecule has 0 amide bonds. The maximum atomic E-state index is 5.52. The number of thiazole rings is 1. The van der Waals surface area contributed by atoms with Crippen molar-refractivity contribution >= 4 is 11.3 Å². The van der Waals surface area contributed by atoms with Crippen LogP contribution in [-0.2, 0) is 4.74 Å². The van der Waals surface area contributed by atoms with E-state index in [1.807, 2.05) is 11.3 Å². The second kappa shape index (κ2) is 4.82. The third-order valence-electron chi connectivity index (χ3n) is 3.48. The minimum Gasteiger partial charge on any atom is -0.381 e. The monoisotopic (exact) mass is 238 g/mol. The van der Waals surface area contributed by atoms with Gasteiger partial charge in [-0.15, -0.1) is 11.3 Å². The molecule has 3 nitrogen and oxygen atoms in total. The highest BCUT2D eigenvalue weighted by molar-refractivity contribution is 7.09. The van der Waals surface area contributed by atoms with Gasteiger partial charge in [0.25, 0.3) is 0 Å². The maximum absolute atomic E-state index is 5.52. The van der Waals surface area contributed by atoms with Crippen molar-refractivity contribution in [3.8, 4) is 0 Å². The lowest BCUT2D eigenvalue weighted by Gasteiger charge is -2.20. The van der Waals surface area contributed by atoms with Gasteiger partial charge in [0, 0.05) is 17.9 Å². The van der Waals surface area contributed by atoms with E-state index in [0.29, 0.717) is 12.0 Å². The largest absolute Gasteiger partial charge is 0.381 e. The minimum atomic E-state index is 0.517. The third-order valence-corrected chi connectivity index (χ3v) is 4.45. The standard InChI is InChI=1S/C12H18N2OS/c1-4-10(13-5-1)12-14-11(8-16-12)9-3-2-6-15-7-9/h8-10,13H,1-7H2. The maximum Gasteiger partial charge on any atom is 0.110 e. The van der Waals surface area contributed by atoms with Crippen molar-refractivity contribution in [1.82, 2.24) is 10.3 Å². The lowest BCUT2D eigenvalue weighted by atomic mass is 10.00. The molecule has 1 aromatic heterocycles. The van der Waals surface area contributed by atoms with E-state index in [-0.39, 0.29) is 0 Å². The number of nitrogens with zero attached hydrogens (tertiary/aromatic N) is 1. The van der Waals surface area contributed by atoms with Crippen molar-refractivity contribution in [3.63, 3.8) is 0 Å². The topological polar surface area (TPSA) is 34.2 Å². The molecule has 0 saturated carbocycles. The third kappa shape index (κ3) is 2.14. The molecule has 0 bridgehead atoms. The molecular formula is C12H18N2OS. The van der Waals surface area contributed by atoms with E-state index in [1.54, 1.807) is 0 Å². The molecule has 4 heteroatoms. The van der Waals surface area contributed by atoms with Crippen molar-refractivity contribution in [2.45, 2.75) is 37.6 Å². The van der Waals surface area contributed by atoms with Crippen LogP contribution >= 0.6 is 11.3 Å². The molecular weight excluding hydrogens is 220 g/mol. The first-order valence-electron chi connectivity index (χ1n) is 6.20. The highest BCUT2D eigenvalue weighted by atomic mass is 32.1. The Kier molecular flexibility index (Phi) is 3.22. The quantitative estimate of drug-likeness (QED) is 0.859. The highest BCUT2D eigenvalue weighted by Gasteiger charge is 2.23. The summed E-state index contributed by atoms with van der Waals surface area (Å²) in [5, 5.41) is 7.01. The van der Waals surface area contributed by atoms with Gasteiger partial charge in [-0.2, -0.15) is 0 Å². The zero-order chi connectivity index (χ0) is 10.8. The predicted molar refractivity (Wildman–Crippen MR) is 64.9 cm³/mol. The first-order chi connectivity index (χ1) is 7.93. The van der Waals surface area contributed by atoms with Crippen LogP contribution < -0.4 is 5.32 Å². The van der Waals surface area contributed by atoms with Crippen molar-refractivity contribution in [3.05, 3.63) is 16.1 Å². The molecule has 2 aliphatic heterocycles. The second-order valence-corrected chi connectivity index (χ2v) is 5.56. The summed E-state index contributed by atoms with van der Waals surface area (Å²) in [7, 11) is 0. The fourth-order valence-electron chi connectivity index (χ4n) is 2.52. The molecule has 0 aliphatic carbocycles. The summed E-state index contributed by atoms with van der Waals surface area (Å²) in [5.41, 5.74) is 1.26. The van der Waals surface area contributed by atoms with Gasteiger partial charge in [-0.3, -0.25) is 0 Å². The normalized spacial score (nSPS) is 30.8. The molecule has 2 atom stereocenters. The summed E-state index contributed by atoms with van der Waals surface area (Å²) < 4.78 is 5.52. The molecule has 2 saturated heterocycles. The van der Waals surface area contributed by atoms with Crippen LogP contribution in [0, 0.1) is 0 Å². The number of hydrogen-bond donors (Lipinski definition) is 1. The van der Waals surface area contributed by atoms with Gasteiger partial charge in [-0.25, -0.2) is 4.98 Å². The average molecular weight is 238 g/mol. The van der Waals surface area contributed by atoms with Gasteiger partial charge < -0.3 is 10.1 Å². The molecule has 16 heavy (non-hydrogen) atoms. The molecule has 1 N–H and O–H groups in total. The molecule has 0 aromatic carbocycles. The summed E-state index contributed by atoms with van der Waals surface area (Å²) >= 11 is 1.81. The van der Waals surface area contributed by atoms with E-state index in [4.69, 9.17) is 9.72 Å². The Bertz CT molecular complexity index is 341. The number of rotatable bonds is 2. The van der Waals surface area contributed by atoms with E-state index in [0.717, 1.165) is 19.8 Å². The zero-order valence-electron chi connectivity index (χ0n) is 9.45. The van der Waals surface area contributed by atoms with Crippen molar-refractivity contribution in [1.29, 1.82) is 0 Å². The fraction of sp³-hybridized carbons (Fsp3) is 0.750. The Hall–Kier alpha value is -0.450. The van der Waals surface area contributed by atoms with Crippen LogP contribution in [0.5, 0.6) is 0 Å². The molecule has 3 rings (SSSR count). The molecule has 88 valence electrons. The van der Waals surface area contributed by atoms with Crippen LogP contribution in [0.1, 0.15) is 48.3 Å². The van der Waals surface area contributed by atoms with Gasteiger partial charge in [0.15, 0.2) is 0 Å². The van der Waals surface area contributed by atoms with Crippen LogP contribution in [-0.4, -0.2) is 24.7 Å². The number of ether oxygens (including phenoxy) is 1. The van der Waals surface area contributed by atoms with Gasteiger partial charge in [-0.05, 0) is 32.2 Å². The average Bonchev–Trinajstić information content (AvgIpc) is 3.01. The van der Waals surface area contributed by atoms with Crippen LogP contribution in [0.25, 0.3) is 0 Å². The first kappa shape index (κ1) is 10.7. The molecule has 0 radical (unpaired) electrons. The molecule has 2 fully saturated rings. The Balaban J connectivity index is 1.71. The van der Waals surface area contributed by atoms with Gasteiger partial charge >= 0.3 is 0 Å². The van der Waals surface area contributed by atoms with E-state index < -0.39 is 0 Å². The van der Waals surface area contributed by atoms with Gasteiger partial charge in [-0.1, -0.05) is 0 Å². The van der Waals surface area contributed by atoms with E-state index in [2.05, 4.69) is 10.7 Å². The summed E-state index contributed by atoms with van der Waals surface area (Å²) in [4.78, 5) is 4.79. The number of aromatic nitrogens is 1. The smallest absolute Gasteiger partial charge is 0.110 e. The summed E-state index contributed by atoms with van der Waals surface area (Å²) in [6.45, 7) is 2.94. The van der Waals surface area contributed by atoms with E-state index >= 15 is 0 Å². The Morgan fingerprint density at radius 3 is 3.12 bits per heavy atom. The van der Waals surface area contributed by atoms with Crippen molar-refractivity contribution in [2.24, 2.45) is 0 Å². The Morgan fingerprint density at radius 1 is 1.38 bits per heavy atom. The molecule has 2 unspecified atom stereocenters. The summed E-state index contributed by atoms with van der Waals surface area (Å²) in [5.74, 6) is 0.542. The minimum absolute atomic E-state index is 0.517. The van der Waals surface area contributed by atoms with E-state index in [1.165, 1.54) is 36.4 Å². The predicted octanol–water partition coefficient (Wildman–Crippen LogP) is 2.46. The molecule has 1 aromatic rings. The molecule has 3 heterocycles. The first-order valence-corrected chi connectivity index (χ1v) is 7.08. The fourth-order valence-corrected chi connectivity index (χ4v) is 3.53. The number of nitrogens with one attached hydrogen (secondary N) is 1. The van der Waals surface area contributed by atoms with Gasteiger partial charge in [0.2, 0.25) is 0 Å². The summed E-state index contributed by atoms with van der Waals surface area (Å²) in [6, 6.07) is 0.517. The van der Waals surface area contributed by atoms with Gasteiger partial charge in [0.1, 0.15) is 5.01 Å². The van der Waals surface area contributed by atoms with E-state index in [9.17, 15) is 0 Å². The van der Waals surface area contributed by atoms with Gasteiger partial charge in [0.05, 0.1) is 18.3 Å². The van der Waals surface area contributed by atoms with Crippen LogP contribution in [0.4, 0.5) is 0 Å². The second-order valence-electron chi connectivity index (χ2n) is 4.67. The Labute approximate surface area is 100 Å². The lowest BCUT2D eigenvalue weighted by molar-refractivity contribution is 0.0794. The highest BCUT2D eigenvalue weighted by Crippen LogP contribution is 2.31. The van der Waals surface area contributed by atoms with Crippen LogP contribution in [0.15, 0.2) is 5.38 Å². The van der Waals surface area contributed by atoms with Crippen LogP contribution in [0.2, 0.25) is 0 Å². The number of hydrogen-bond acceptors (Lipinski definition) is 4. The van der Waals surface area contributed by atoms with Crippen LogP contribution in [0.3, 0.4) is 0 Å². The summed E-state index contributed by atoms with van der Waals surface area (Å²) in [6.07, 6.45) is 4.95. The van der Waals surface area contributed by atoms with Crippen molar-refractivity contribution < 1.29 is 4.74 Å². The Morgan fingerprint density at radius 2 is 2.38 bits per heavy atom. The van der Waals surface area contributed by atoms with Crippen molar-refractivity contribution in [2.75, 3.05) is 19.8 Å². The SMILES string of the molecule is c1sc(C2CCCN2)nc1C1CCCOC1.